The van der Waals surface area contributed by atoms with Crippen molar-refractivity contribution >= 4 is 11.4 Å². The van der Waals surface area contributed by atoms with Crippen molar-refractivity contribution in [2.75, 3.05) is 36.9 Å². The zero-order valence-electron chi connectivity index (χ0n) is 11.2. The molecule has 1 aromatic carbocycles. The van der Waals surface area contributed by atoms with Crippen molar-refractivity contribution in [3.8, 4) is 5.75 Å². The fourth-order valence-corrected chi connectivity index (χ4v) is 2.13. The summed E-state index contributed by atoms with van der Waals surface area (Å²) in [6, 6.07) is 5.93. The van der Waals surface area contributed by atoms with E-state index in [1.54, 1.807) is 0 Å². The highest BCUT2D eigenvalue weighted by molar-refractivity contribution is 5.60. The highest BCUT2D eigenvalue weighted by atomic mass is 16.5. The monoisotopic (exact) mass is 250 g/mol. The number of rotatable bonds is 3. The van der Waals surface area contributed by atoms with Gasteiger partial charge in [0.1, 0.15) is 5.75 Å². The minimum Gasteiger partial charge on any atom is -0.491 e. The fraction of sp³-hybridized carbons (Fsp3) is 0.571. The molecule has 18 heavy (non-hydrogen) atoms. The summed E-state index contributed by atoms with van der Waals surface area (Å²) in [6.07, 6.45) is 1.21. The van der Waals surface area contributed by atoms with Gasteiger partial charge in [-0.3, -0.25) is 0 Å². The van der Waals surface area contributed by atoms with Gasteiger partial charge in [-0.05, 0) is 26.3 Å². The second-order valence-electron chi connectivity index (χ2n) is 4.88. The van der Waals surface area contributed by atoms with Crippen LogP contribution in [0.15, 0.2) is 18.2 Å². The Balaban J connectivity index is 2.17. The Morgan fingerprint density at radius 1 is 1.22 bits per heavy atom. The van der Waals surface area contributed by atoms with E-state index in [-0.39, 0.29) is 6.10 Å². The molecule has 1 aliphatic rings. The van der Waals surface area contributed by atoms with Crippen LogP contribution in [0.2, 0.25) is 0 Å². The van der Waals surface area contributed by atoms with E-state index < -0.39 is 0 Å². The third-order valence-electron chi connectivity index (χ3n) is 2.87. The van der Waals surface area contributed by atoms with Crippen molar-refractivity contribution in [2.45, 2.75) is 26.4 Å². The van der Waals surface area contributed by atoms with Crippen LogP contribution >= 0.6 is 0 Å². The molecule has 0 unspecified atom stereocenters. The second-order valence-corrected chi connectivity index (χ2v) is 4.88. The molecule has 0 radical (unpaired) electrons. The lowest BCUT2D eigenvalue weighted by Crippen LogP contribution is -2.26. The Bertz CT molecular complexity index is 385. The summed E-state index contributed by atoms with van der Waals surface area (Å²) >= 11 is 0. The molecule has 0 bridgehead atoms. The Kier molecular flexibility index (Phi) is 4.31. The third kappa shape index (κ3) is 3.53. The summed E-state index contributed by atoms with van der Waals surface area (Å²) in [4.78, 5) is 2.30. The molecule has 0 aromatic heterocycles. The van der Waals surface area contributed by atoms with Gasteiger partial charge < -0.3 is 20.1 Å². The standard InChI is InChI=1S/C14H22N2O2/c1-11(2)18-14-9-12(15)8-13(10-14)16-4-3-6-17-7-5-16/h8-11H,3-7,15H2,1-2H3. The SMILES string of the molecule is CC(C)Oc1cc(N)cc(N2CCCOCC2)c1. The van der Waals surface area contributed by atoms with E-state index in [2.05, 4.69) is 11.0 Å². The third-order valence-corrected chi connectivity index (χ3v) is 2.87. The van der Waals surface area contributed by atoms with Crippen LogP contribution in [0.5, 0.6) is 5.75 Å². The van der Waals surface area contributed by atoms with Crippen molar-refractivity contribution in [3.63, 3.8) is 0 Å². The molecule has 1 heterocycles. The molecule has 4 nitrogen and oxygen atoms in total. The number of ether oxygens (including phenoxy) is 2. The molecule has 2 rings (SSSR count). The largest absolute Gasteiger partial charge is 0.491 e. The lowest BCUT2D eigenvalue weighted by atomic mass is 10.2. The molecule has 0 saturated carbocycles. The first-order valence-corrected chi connectivity index (χ1v) is 6.55. The minimum atomic E-state index is 0.159. The zero-order chi connectivity index (χ0) is 13.0. The maximum atomic E-state index is 5.94. The predicted octanol–water partition coefficient (Wildman–Crippen LogP) is 2.28. The minimum absolute atomic E-state index is 0.159. The number of hydrogen-bond donors (Lipinski definition) is 1. The van der Waals surface area contributed by atoms with Gasteiger partial charge in [0, 0.05) is 43.2 Å². The van der Waals surface area contributed by atoms with Crippen LogP contribution in [0.1, 0.15) is 20.3 Å². The molecule has 0 spiro atoms. The van der Waals surface area contributed by atoms with Crippen molar-refractivity contribution in [1.82, 2.24) is 0 Å². The van der Waals surface area contributed by atoms with Crippen LogP contribution < -0.4 is 15.4 Å². The van der Waals surface area contributed by atoms with E-state index in [4.69, 9.17) is 15.2 Å². The summed E-state index contributed by atoms with van der Waals surface area (Å²) in [7, 11) is 0. The molecule has 0 atom stereocenters. The van der Waals surface area contributed by atoms with Crippen LogP contribution in [-0.2, 0) is 4.74 Å². The molecule has 0 amide bonds. The van der Waals surface area contributed by atoms with E-state index in [0.717, 1.165) is 49.8 Å². The van der Waals surface area contributed by atoms with E-state index >= 15 is 0 Å². The number of anilines is 2. The van der Waals surface area contributed by atoms with Gasteiger partial charge in [-0.2, -0.15) is 0 Å². The molecule has 4 heteroatoms. The van der Waals surface area contributed by atoms with Crippen molar-refractivity contribution in [1.29, 1.82) is 0 Å². The molecule has 1 saturated heterocycles. The molecular formula is C14H22N2O2. The Morgan fingerprint density at radius 2 is 2.06 bits per heavy atom. The lowest BCUT2D eigenvalue weighted by molar-refractivity contribution is 0.152. The number of hydrogen-bond acceptors (Lipinski definition) is 4. The Hall–Kier alpha value is -1.42. The summed E-state index contributed by atoms with van der Waals surface area (Å²) in [6.45, 7) is 7.56. The Morgan fingerprint density at radius 3 is 2.83 bits per heavy atom. The summed E-state index contributed by atoms with van der Waals surface area (Å²) in [5.41, 5.74) is 7.81. The highest BCUT2D eigenvalue weighted by Crippen LogP contribution is 2.27. The van der Waals surface area contributed by atoms with Gasteiger partial charge in [0.25, 0.3) is 0 Å². The number of nitrogens with two attached hydrogens (primary N) is 1. The first kappa shape index (κ1) is 13.0. The summed E-state index contributed by atoms with van der Waals surface area (Å²) < 4.78 is 11.2. The van der Waals surface area contributed by atoms with Gasteiger partial charge in [0.15, 0.2) is 0 Å². The second kappa shape index (κ2) is 5.96. The molecule has 1 fully saturated rings. The summed E-state index contributed by atoms with van der Waals surface area (Å²) in [5, 5.41) is 0. The smallest absolute Gasteiger partial charge is 0.123 e. The van der Waals surface area contributed by atoms with E-state index in [0.29, 0.717) is 0 Å². The first-order chi connectivity index (χ1) is 8.65. The quantitative estimate of drug-likeness (QED) is 0.836. The Labute approximate surface area is 109 Å². The van der Waals surface area contributed by atoms with E-state index in [1.165, 1.54) is 0 Å². The van der Waals surface area contributed by atoms with Crippen molar-refractivity contribution in [3.05, 3.63) is 18.2 Å². The van der Waals surface area contributed by atoms with Crippen LogP contribution in [0.25, 0.3) is 0 Å². The van der Waals surface area contributed by atoms with Gasteiger partial charge in [-0.1, -0.05) is 0 Å². The lowest BCUT2D eigenvalue weighted by Gasteiger charge is -2.23. The van der Waals surface area contributed by atoms with Crippen LogP contribution in [0.4, 0.5) is 11.4 Å². The summed E-state index contributed by atoms with van der Waals surface area (Å²) in [5.74, 6) is 0.838. The number of nitrogens with zero attached hydrogens (tertiary/aromatic N) is 1. The van der Waals surface area contributed by atoms with Crippen LogP contribution in [-0.4, -0.2) is 32.4 Å². The van der Waals surface area contributed by atoms with E-state index in [1.807, 2.05) is 26.0 Å². The molecule has 2 N–H and O–H groups in total. The molecule has 0 aliphatic carbocycles. The van der Waals surface area contributed by atoms with Gasteiger partial charge >= 0.3 is 0 Å². The zero-order valence-corrected chi connectivity index (χ0v) is 11.2. The molecule has 1 aliphatic heterocycles. The average Bonchev–Trinajstić information content (AvgIpc) is 2.55. The molecule has 100 valence electrons. The molecule has 1 aromatic rings. The normalized spacial score (nSPS) is 16.7. The maximum absolute atomic E-state index is 5.94. The van der Waals surface area contributed by atoms with Crippen molar-refractivity contribution < 1.29 is 9.47 Å². The fourth-order valence-electron chi connectivity index (χ4n) is 2.13. The topological polar surface area (TPSA) is 47.7 Å². The van der Waals surface area contributed by atoms with Crippen LogP contribution in [0, 0.1) is 0 Å². The maximum Gasteiger partial charge on any atom is 0.123 e. The van der Waals surface area contributed by atoms with E-state index in [9.17, 15) is 0 Å². The predicted molar refractivity (Wildman–Crippen MR) is 74.3 cm³/mol. The van der Waals surface area contributed by atoms with Gasteiger partial charge in [-0.25, -0.2) is 0 Å². The van der Waals surface area contributed by atoms with Crippen LogP contribution in [0.3, 0.4) is 0 Å². The average molecular weight is 250 g/mol. The van der Waals surface area contributed by atoms with Gasteiger partial charge in [0.2, 0.25) is 0 Å². The number of nitrogen functional groups attached to an aromatic ring is 1. The first-order valence-electron chi connectivity index (χ1n) is 6.55. The van der Waals surface area contributed by atoms with Gasteiger partial charge in [-0.15, -0.1) is 0 Å². The number of benzene rings is 1. The highest BCUT2D eigenvalue weighted by Gasteiger charge is 2.12. The molecular weight excluding hydrogens is 228 g/mol. The van der Waals surface area contributed by atoms with Crippen molar-refractivity contribution in [2.24, 2.45) is 0 Å². The van der Waals surface area contributed by atoms with Gasteiger partial charge in [0.05, 0.1) is 12.7 Å².